The molecule has 0 aromatic heterocycles. The Hall–Kier alpha value is -1.02. The summed E-state index contributed by atoms with van der Waals surface area (Å²) in [5.74, 6) is 1.86. The summed E-state index contributed by atoms with van der Waals surface area (Å²) < 4.78 is 5.73. The number of hydrogen-bond acceptors (Lipinski definition) is 3. The van der Waals surface area contributed by atoms with E-state index in [1.807, 2.05) is 19.2 Å². The zero-order valence-electron chi connectivity index (χ0n) is 15.3. The van der Waals surface area contributed by atoms with Gasteiger partial charge in [0, 0.05) is 38.2 Å². The highest BCUT2D eigenvalue weighted by atomic mass is 127. The molecule has 25 heavy (non-hydrogen) atoms. The molecule has 0 spiro atoms. The largest absolute Gasteiger partial charge is 0.493 e. The number of aliphatic imine (C=N–C) groups is 1. The van der Waals surface area contributed by atoms with E-state index >= 15 is 0 Å². The number of benzene rings is 1. The molecule has 0 bridgehead atoms. The Morgan fingerprint density at radius 3 is 2.76 bits per heavy atom. The lowest BCUT2D eigenvalue weighted by atomic mass is 10.0. The minimum atomic E-state index is 0. The number of para-hydroxylation sites is 1. The molecule has 0 saturated heterocycles. The smallest absolute Gasteiger partial charge is 0.191 e. The van der Waals surface area contributed by atoms with Gasteiger partial charge < -0.3 is 20.3 Å². The van der Waals surface area contributed by atoms with E-state index in [0.717, 1.165) is 43.9 Å². The summed E-state index contributed by atoms with van der Waals surface area (Å²) in [6.45, 7) is 2.71. The zero-order chi connectivity index (χ0) is 16.8. The number of halogens is 1. The maximum atomic E-state index is 5.73. The van der Waals surface area contributed by atoms with Crippen LogP contribution in [0.15, 0.2) is 29.3 Å². The average molecular weight is 458 g/mol. The molecule has 1 fully saturated rings. The van der Waals surface area contributed by atoms with E-state index in [1.54, 1.807) is 0 Å². The second-order valence-corrected chi connectivity index (χ2v) is 6.79. The van der Waals surface area contributed by atoms with Crippen molar-refractivity contribution in [3.05, 3.63) is 29.8 Å². The van der Waals surface area contributed by atoms with Crippen molar-refractivity contribution in [2.75, 3.05) is 33.8 Å². The fourth-order valence-corrected chi connectivity index (χ4v) is 3.73. The molecular formula is C19H31IN4O. The van der Waals surface area contributed by atoms with Gasteiger partial charge in [0.2, 0.25) is 0 Å². The number of hydrogen-bond donors (Lipinski definition) is 2. The molecule has 2 N–H and O–H groups in total. The first-order valence-electron chi connectivity index (χ1n) is 9.17. The first kappa shape index (κ1) is 20.3. The van der Waals surface area contributed by atoms with Crippen LogP contribution in [0.2, 0.25) is 0 Å². The standard InChI is InChI=1S/C19H30N4O.HI/c1-20-19(21-12-13-23(2)15-7-3-4-8-15)22-17-11-14-24-18-10-6-5-9-16(17)18;/h5-6,9-10,15,17H,3-4,7-8,11-14H2,1-2H3,(H2,20,21,22);1H. The van der Waals surface area contributed by atoms with Crippen LogP contribution in [-0.2, 0) is 0 Å². The van der Waals surface area contributed by atoms with E-state index < -0.39 is 0 Å². The SMILES string of the molecule is CN=C(NCCN(C)C1CCCC1)NC1CCOc2ccccc21.I. The molecule has 1 unspecified atom stereocenters. The van der Waals surface area contributed by atoms with Crippen LogP contribution >= 0.6 is 24.0 Å². The Morgan fingerprint density at radius 1 is 1.24 bits per heavy atom. The number of fused-ring (bicyclic) bond motifs is 1. The van der Waals surface area contributed by atoms with Crippen molar-refractivity contribution in [1.29, 1.82) is 0 Å². The topological polar surface area (TPSA) is 48.9 Å². The second kappa shape index (κ2) is 10.2. The van der Waals surface area contributed by atoms with E-state index in [0.29, 0.717) is 0 Å². The minimum absolute atomic E-state index is 0. The van der Waals surface area contributed by atoms with E-state index in [2.05, 4.69) is 39.7 Å². The summed E-state index contributed by atoms with van der Waals surface area (Å²) in [7, 11) is 4.07. The van der Waals surface area contributed by atoms with Crippen LogP contribution in [0.3, 0.4) is 0 Å². The predicted octanol–water partition coefficient (Wildman–Crippen LogP) is 3.17. The van der Waals surface area contributed by atoms with Crippen LogP contribution in [0.25, 0.3) is 0 Å². The summed E-state index contributed by atoms with van der Waals surface area (Å²) in [4.78, 5) is 6.87. The normalized spacial score (nSPS) is 20.6. The highest BCUT2D eigenvalue weighted by molar-refractivity contribution is 14.0. The van der Waals surface area contributed by atoms with Crippen molar-refractivity contribution in [2.45, 2.75) is 44.2 Å². The molecule has 1 aromatic rings. The van der Waals surface area contributed by atoms with Gasteiger partial charge >= 0.3 is 0 Å². The Kier molecular flexibility index (Phi) is 8.29. The first-order valence-corrected chi connectivity index (χ1v) is 9.17. The number of rotatable bonds is 5. The zero-order valence-corrected chi connectivity index (χ0v) is 17.7. The molecule has 5 nitrogen and oxygen atoms in total. The maximum absolute atomic E-state index is 5.73. The Balaban J connectivity index is 0.00000225. The van der Waals surface area contributed by atoms with Gasteiger partial charge in [-0.2, -0.15) is 0 Å². The van der Waals surface area contributed by atoms with E-state index in [-0.39, 0.29) is 30.0 Å². The third-order valence-electron chi connectivity index (χ3n) is 5.20. The molecule has 1 aromatic carbocycles. The summed E-state index contributed by atoms with van der Waals surface area (Å²) in [6.07, 6.45) is 6.42. The third-order valence-corrected chi connectivity index (χ3v) is 5.20. The van der Waals surface area contributed by atoms with Crippen molar-refractivity contribution in [1.82, 2.24) is 15.5 Å². The number of nitrogens with one attached hydrogen (secondary N) is 2. The quantitative estimate of drug-likeness (QED) is 0.405. The lowest BCUT2D eigenvalue weighted by Crippen LogP contribution is -2.44. The predicted molar refractivity (Wildman–Crippen MR) is 114 cm³/mol. The molecule has 3 rings (SSSR count). The fourth-order valence-electron chi connectivity index (χ4n) is 3.73. The van der Waals surface area contributed by atoms with Gasteiger partial charge in [-0.05, 0) is 26.0 Å². The Bertz CT molecular complexity index is 560. The van der Waals surface area contributed by atoms with Crippen LogP contribution in [-0.4, -0.2) is 50.7 Å². The second-order valence-electron chi connectivity index (χ2n) is 6.79. The molecule has 1 aliphatic carbocycles. The molecule has 6 heteroatoms. The average Bonchev–Trinajstić information content (AvgIpc) is 3.15. The summed E-state index contributed by atoms with van der Waals surface area (Å²) >= 11 is 0. The van der Waals surface area contributed by atoms with Crippen LogP contribution in [0.1, 0.15) is 43.7 Å². The van der Waals surface area contributed by atoms with Crippen LogP contribution in [0.4, 0.5) is 0 Å². The minimum Gasteiger partial charge on any atom is -0.493 e. The molecule has 1 aliphatic heterocycles. The lowest BCUT2D eigenvalue weighted by Gasteiger charge is -2.28. The van der Waals surface area contributed by atoms with E-state index in [4.69, 9.17) is 4.74 Å². The lowest BCUT2D eigenvalue weighted by molar-refractivity contribution is 0.248. The van der Waals surface area contributed by atoms with Crippen molar-refractivity contribution < 1.29 is 4.74 Å². The molecule has 0 radical (unpaired) electrons. The van der Waals surface area contributed by atoms with Gasteiger partial charge in [-0.25, -0.2) is 0 Å². The number of likely N-dealkylation sites (N-methyl/N-ethyl adjacent to an activating group) is 1. The van der Waals surface area contributed by atoms with Gasteiger partial charge in [0.05, 0.1) is 12.6 Å². The number of nitrogens with zero attached hydrogens (tertiary/aromatic N) is 2. The summed E-state index contributed by atoms with van der Waals surface area (Å²) in [5.41, 5.74) is 1.22. The molecule has 140 valence electrons. The highest BCUT2D eigenvalue weighted by Gasteiger charge is 2.22. The van der Waals surface area contributed by atoms with E-state index in [1.165, 1.54) is 31.2 Å². The molecule has 1 atom stereocenters. The van der Waals surface area contributed by atoms with Gasteiger partial charge in [0.15, 0.2) is 5.96 Å². The van der Waals surface area contributed by atoms with Crippen molar-refractivity contribution in [3.8, 4) is 5.75 Å². The number of ether oxygens (including phenoxy) is 1. The fraction of sp³-hybridized carbons (Fsp3) is 0.632. The van der Waals surface area contributed by atoms with Gasteiger partial charge in [0.25, 0.3) is 0 Å². The summed E-state index contributed by atoms with van der Waals surface area (Å²) in [5, 5.41) is 7.00. The van der Waals surface area contributed by atoms with Crippen molar-refractivity contribution >= 4 is 29.9 Å². The van der Waals surface area contributed by atoms with Gasteiger partial charge in [0.1, 0.15) is 5.75 Å². The van der Waals surface area contributed by atoms with Crippen molar-refractivity contribution in [3.63, 3.8) is 0 Å². The Labute approximate surface area is 168 Å². The van der Waals surface area contributed by atoms with Gasteiger partial charge in [-0.3, -0.25) is 4.99 Å². The monoisotopic (exact) mass is 458 g/mol. The highest BCUT2D eigenvalue weighted by Crippen LogP contribution is 2.31. The third kappa shape index (κ3) is 5.48. The van der Waals surface area contributed by atoms with E-state index in [9.17, 15) is 0 Å². The first-order chi connectivity index (χ1) is 11.8. The molecule has 0 amide bonds. The van der Waals surface area contributed by atoms with Gasteiger partial charge in [-0.1, -0.05) is 31.0 Å². The molecule has 1 heterocycles. The van der Waals surface area contributed by atoms with Crippen LogP contribution in [0, 0.1) is 0 Å². The van der Waals surface area contributed by atoms with Crippen LogP contribution in [0.5, 0.6) is 5.75 Å². The molecule has 2 aliphatic rings. The maximum Gasteiger partial charge on any atom is 0.191 e. The van der Waals surface area contributed by atoms with Crippen LogP contribution < -0.4 is 15.4 Å². The number of guanidine groups is 1. The van der Waals surface area contributed by atoms with Gasteiger partial charge in [-0.15, -0.1) is 24.0 Å². The summed E-state index contributed by atoms with van der Waals surface area (Å²) in [6, 6.07) is 9.28. The molecule has 1 saturated carbocycles. The van der Waals surface area contributed by atoms with Crippen molar-refractivity contribution in [2.24, 2.45) is 4.99 Å². The molecular weight excluding hydrogens is 427 g/mol. The Morgan fingerprint density at radius 2 is 2.00 bits per heavy atom.